The molecule has 2 aromatic carbocycles. The number of rotatable bonds is 4. The molecule has 3 nitrogen and oxygen atoms in total. The number of benzene rings is 2. The fourth-order valence-corrected chi connectivity index (χ4v) is 3.28. The molecule has 0 saturated heterocycles. The number of amides is 1. The molecular weight excluding hydrogens is 320 g/mol. The van der Waals surface area contributed by atoms with Crippen molar-refractivity contribution in [3.8, 4) is 5.75 Å². The van der Waals surface area contributed by atoms with E-state index in [2.05, 4.69) is 0 Å². The van der Waals surface area contributed by atoms with Gasteiger partial charge >= 0.3 is 0 Å². The van der Waals surface area contributed by atoms with Crippen molar-refractivity contribution < 1.29 is 18.3 Å². The smallest absolute Gasteiger partial charge is 0.228 e. The molecule has 0 aromatic heterocycles. The zero-order chi connectivity index (χ0) is 16.2. The van der Waals surface area contributed by atoms with E-state index < -0.39 is 5.82 Å². The average molecular weight is 335 g/mol. The highest BCUT2D eigenvalue weighted by Crippen LogP contribution is 2.32. The van der Waals surface area contributed by atoms with E-state index in [1.165, 1.54) is 30.0 Å². The quantitative estimate of drug-likeness (QED) is 0.795. The second kappa shape index (κ2) is 7.00. The van der Waals surface area contributed by atoms with Crippen molar-refractivity contribution in [2.75, 3.05) is 23.8 Å². The third-order valence-electron chi connectivity index (χ3n) is 3.50. The summed E-state index contributed by atoms with van der Waals surface area (Å²) in [6.45, 7) is 0.768. The van der Waals surface area contributed by atoms with Crippen molar-refractivity contribution in [3.05, 3.63) is 54.1 Å². The number of carbonyl (C=O) groups excluding carboxylic acids is 1. The van der Waals surface area contributed by atoms with Gasteiger partial charge in [0, 0.05) is 23.1 Å². The van der Waals surface area contributed by atoms with Crippen LogP contribution in [-0.2, 0) is 4.79 Å². The van der Waals surface area contributed by atoms with Crippen LogP contribution >= 0.6 is 11.8 Å². The molecule has 0 radical (unpaired) electrons. The van der Waals surface area contributed by atoms with Gasteiger partial charge in [-0.3, -0.25) is 4.79 Å². The van der Waals surface area contributed by atoms with Crippen molar-refractivity contribution in [3.63, 3.8) is 0 Å². The van der Waals surface area contributed by atoms with E-state index in [0.717, 1.165) is 0 Å². The summed E-state index contributed by atoms with van der Waals surface area (Å²) in [5, 5.41) is 0. The second-order valence-corrected chi connectivity index (χ2v) is 6.17. The molecule has 23 heavy (non-hydrogen) atoms. The maximum Gasteiger partial charge on any atom is 0.228 e. The van der Waals surface area contributed by atoms with Gasteiger partial charge in [-0.2, -0.15) is 0 Å². The van der Waals surface area contributed by atoms with Gasteiger partial charge in [-0.05, 0) is 24.3 Å². The highest BCUT2D eigenvalue weighted by molar-refractivity contribution is 7.99. The number of carbonyl (C=O) groups is 1. The molecule has 3 rings (SSSR count). The molecule has 0 bridgehead atoms. The standard InChI is InChI=1S/C17H15F2NO2S/c18-12-5-6-14-15(11-12)22-9-8-20(14)17(21)7-10-23-16-4-2-1-3-13(16)19/h1-6,11H,7-10H2. The van der Waals surface area contributed by atoms with Gasteiger partial charge in [0.15, 0.2) is 0 Å². The molecule has 0 aliphatic carbocycles. The summed E-state index contributed by atoms with van der Waals surface area (Å²) in [6.07, 6.45) is 0.274. The molecule has 120 valence electrons. The molecule has 0 unspecified atom stereocenters. The maximum absolute atomic E-state index is 13.5. The van der Waals surface area contributed by atoms with Gasteiger partial charge in [0.25, 0.3) is 0 Å². The number of nitrogens with zero attached hydrogens (tertiary/aromatic N) is 1. The summed E-state index contributed by atoms with van der Waals surface area (Å²) in [4.78, 5) is 14.5. The minimum atomic E-state index is -0.395. The summed E-state index contributed by atoms with van der Waals surface area (Å²) < 4.78 is 32.1. The second-order valence-electron chi connectivity index (χ2n) is 5.03. The van der Waals surface area contributed by atoms with Crippen LogP contribution in [0.3, 0.4) is 0 Å². The highest BCUT2D eigenvalue weighted by atomic mass is 32.2. The van der Waals surface area contributed by atoms with Gasteiger partial charge in [-0.15, -0.1) is 11.8 Å². The fraction of sp³-hybridized carbons (Fsp3) is 0.235. The van der Waals surface area contributed by atoms with Crippen molar-refractivity contribution >= 4 is 23.4 Å². The SMILES string of the molecule is O=C(CCSc1ccccc1F)N1CCOc2cc(F)ccc21. The molecule has 0 atom stereocenters. The minimum Gasteiger partial charge on any atom is -0.489 e. The van der Waals surface area contributed by atoms with E-state index in [1.54, 1.807) is 29.2 Å². The largest absolute Gasteiger partial charge is 0.489 e. The topological polar surface area (TPSA) is 29.5 Å². The Balaban J connectivity index is 1.62. The predicted molar refractivity (Wildman–Crippen MR) is 86.0 cm³/mol. The van der Waals surface area contributed by atoms with E-state index in [4.69, 9.17) is 4.74 Å². The van der Waals surface area contributed by atoms with E-state index in [1.807, 2.05) is 0 Å². The first-order valence-electron chi connectivity index (χ1n) is 7.25. The van der Waals surface area contributed by atoms with Crippen LogP contribution in [0.15, 0.2) is 47.4 Å². The number of halogens is 2. The van der Waals surface area contributed by atoms with Gasteiger partial charge in [-0.1, -0.05) is 12.1 Å². The fourth-order valence-electron chi connectivity index (χ4n) is 2.40. The molecule has 1 aliphatic heterocycles. The zero-order valence-corrected chi connectivity index (χ0v) is 13.1. The first kappa shape index (κ1) is 15.8. The molecule has 0 spiro atoms. The summed E-state index contributed by atoms with van der Waals surface area (Å²) >= 11 is 1.31. The Hall–Kier alpha value is -2.08. The van der Waals surface area contributed by atoms with Crippen molar-refractivity contribution in [2.24, 2.45) is 0 Å². The number of hydrogen-bond donors (Lipinski definition) is 0. The zero-order valence-electron chi connectivity index (χ0n) is 12.3. The molecule has 2 aromatic rings. The molecular formula is C17H15F2NO2S. The highest BCUT2D eigenvalue weighted by Gasteiger charge is 2.23. The van der Waals surface area contributed by atoms with Crippen LogP contribution in [0.5, 0.6) is 5.75 Å². The lowest BCUT2D eigenvalue weighted by atomic mass is 10.2. The van der Waals surface area contributed by atoms with Gasteiger partial charge in [0.1, 0.15) is 24.0 Å². The summed E-state index contributed by atoms with van der Waals surface area (Å²) in [6, 6.07) is 10.6. The van der Waals surface area contributed by atoms with Crippen LogP contribution < -0.4 is 9.64 Å². The summed E-state index contributed by atoms with van der Waals surface area (Å²) in [5.74, 6) is 0.106. The third kappa shape index (κ3) is 3.64. The van der Waals surface area contributed by atoms with E-state index in [9.17, 15) is 13.6 Å². The minimum absolute atomic E-state index is 0.0787. The van der Waals surface area contributed by atoms with Gasteiger partial charge < -0.3 is 9.64 Å². The molecule has 1 aliphatic rings. The van der Waals surface area contributed by atoms with Crippen molar-refractivity contribution in [1.82, 2.24) is 0 Å². The van der Waals surface area contributed by atoms with Crippen molar-refractivity contribution in [1.29, 1.82) is 0 Å². The van der Waals surface area contributed by atoms with Gasteiger partial charge in [0.05, 0.1) is 12.2 Å². The molecule has 0 N–H and O–H groups in total. The molecule has 0 saturated carbocycles. The number of hydrogen-bond acceptors (Lipinski definition) is 3. The van der Waals surface area contributed by atoms with Crippen LogP contribution in [0.2, 0.25) is 0 Å². The maximum atomic E-state index is 13.5. The van der Waals surface area contributed by atoms with Crippen molar-refractivity contribution in [2.45, 2.75) is 11.3 Å². The number of fused-ring (bicyclic) bond motifs is 1. The Bertz CT molecular complexity index is 723. The lowest BCUT2D eigenvalue weighted by molar-refractivity contribution is -0.118. The Morgan fingerprint density at radius 1 is 1.22 bits per heavy atom. The first-order valence-corrected chi connectivity index (χ1v) is 8.24. The Kier molecular flexibility index (Phi) is 4.81. The summed E-state index contributed by atoms with van der Waals surface area (Å²) in [5.41, 5.74) is 0.582. The van der Waals surface area contributed by atoms with Crippen LogP contribution in [-0.4, -0.2) is 24.8 Å². The Labute approximate surface area is 137 Å². The van der Waals surface area contributed by atoms with Crippen LogP contribution in [0.4, 0.5) is 14.5 Å². The monoisotopic (exact) mass is 335 g/mol. The van der Waals surface area contributed by atoms with Gasteiger partial charge in [-0.25, -0.2) is 8.78 Å². The first-order chi connectivity index (χ1) is 11.1. The number of anilines is 1. The summed E-state index contributed by atoms with van der Waals surface area (Å²) in [7, 11) is 0. The molecule has 1 amide bonds. The normalized spacial score (nSPS) is 13.4. The van der Waals surface area contributed by atoms with E-state index in [-0.39, 0.29) is 18.1 Å². The average Bonchev–Trinajstić information content (AvgIpc) is 2.55. The number of ether oxygens (including phenoxy) is 1. The Morgan fingerprint density at radius 2 is 2.04 bits per heavy atom. The molecule has 0 fully saturated rings. The van der Waals surface area contributed by atoms with Crippen LogP contribution in [0.1, 0.15) is 6.42 Å². The lowest BCUT2D eigenvalue weighted by Gasteiger charge is -2.29. The van der Waals surface area contributed by atoms with Crippen LogP contribution in [0, 0.1) is 11.6 Å². The molecule has 6 heteroatoms. The Morgan fingerprint density at radius 3 is 2.87 bits per heavy atom. The molecule has 1 heterocycles. The van der Waals surface area contributed by atoms with E-state index >= 15 is 0 Å². The third-order valence-corrected chi connectivity index (χ3v) is 4.55. The lowest BCUT2D eigenvalue weighted by Crippen LogP contribution is -2.38. The van der Waals surface area contributed by atoms with Crippen LogP contribution in [0.25, 0.3) is 0 Å². The predicted octanol–water partition coefficient (Wildman–Crippen LogP) is 3.87. The van der Waals surface area contributed by atoms with E-state index in [0.29, 0.717) is 35.2 Å². The number of thioether (sulfide) groups is 1. The van der Waals surface area contributed by atoms with Gasteiger partial charge in [0.2, 0.25) is 5.91 Å².